The SMILES string of the molecule is O=C(O)COc1cccc(C(=O)N2CCOC(Cc3ccccc3)C2)c1. The maximum Gasteiger partial charge on any atom is 0.341 e. The largest absolute Gasteiger partial charge is 0.482 e. The molecular weight excluding hydrogens is 334 g/mol. The maximum atomic E-state index is 12.8. The summed E-state index contributed by atoms with van der Waals surface area (Å²) < 4.78 is 11.0. The molecule has 0 aromatic heterocycles. The molecule has 136 valence electrons. The van der Waals surface area contributed by atoms with Gasteiger partial charge in [0.15, 0.2) is 6.61 Å². The highest BCUT2D eigenvalue weighted by Gasteiger charge is 2.25. The number of ether oxygens (including phenoxy) is 2. The van der Waals surface area contributed by atoms with E-state index in [1.54, 1.807) is 29.2 Å². The first-order valence-electron chi connectivity index (χ1n) is 8.51. The fraction of sp³-hybridized carbons (Fsp3) is 0.300. The number of carbonyl (C=O) groups is 2. The van der Waals surface area contributed by atoms with Gasteiger partial charge in [-0.15, -0.1) is 0 Å². The first-order valence-corrected chi connectivity index (χ1v) is 8.51. The average molecular weight is 355 g/mol. The Bertz CT molecular complexity index is 762. The third-order valence-electron chi connectivity index (χ3n) is 4.18. The Hall–Kier alpha value is -2.86. The lowest BCUT2D eigenvalue weighted by Crippen LogP contribution is -2.46. The van der Waals surface area contributed by atoms with Gasteiger partial charge in [-0.25, -0.2) is 4.79 Å². The van der Waals surface area contributed by atoms with E-state index < -0.39 is 12.6 Å². The van der Waals surface area contributed by atoms with Crippen molar-refractivity contribution in [3.63, 3.8) is 0 Å². The number of nitrogens with zero attached hydrogens (tertiary/aromatic N) is 1. The zero-order valence-corrected chi connectivity index (χ0v) is 14.3. The lowest BCUT2D eigenvalue weighted by atomic mass is 10.1. The Kier molecular flexibility index (Phi) is 5.86. The lowest BCUT2D eigenvalue weighted by molar-refractivity contribution is -0.139. The van der Waals surface area contributed by atoms with Crippen molar-refractivity contribution >= 4 is 11.9 Å². The molecule has 1 amide bonds. The number of rotatable bonds is 6. The van der Waals surface area contributed by atoms with E-state index in [0.717, 1.165) is 6.42 Å². The molecular formula is C20H21NO5. The topological polar surface area (TPSA) is 76.1 Å². The number of carboxylic acid groups (broad SMARTS) is 1. The summed E-state index contributed by atoms with van der Waals surface area (Å²) in [6.45, 7) is 1.12. The van der Waals surface area contributed by atoms with E-state index in [4.69, 9.17) is 14.6 Å². The van der Waals surface area contributed by atoms with Crippen LogP contribution in [0.2, 0.25) is 0 Å². The zero-order chi connectivity index (χ0) is 18.4. The van der Waals surface area contributed by atoms with Gasteiger partial charge in [0.1, 0.15) is 5.75 Å². The van der Waals surface area contributed by atoms with Crippen LogP contribution >= 0.6 is 0 Å². The number of carbonyl (C=O) groups excluding carboxylic acids is 1. The summed E-state index contributed by atoms with van der Waals surface area (Å²) >= 11 is 0. The molecule has 1 fully saturated rings. The van der Waals surface area contributed by atoms with Gasteiger partial charge in [0.05, 0.1) is 12.7 Å². The molecule has 6 nitrogen and oxygen atoms in total. The lowest BCUT2D eigenvalue weighted by Gasteiger charge is -2.33. The fourth-order valence-corrected chi connectivity index (χ4v) is 2.95. The zero-order valence-electron chi connectivity index (χ0n) is 14.3. The molecule has 0 radical (unpaired) electrons. The van der Waals surface area contributed by atoms with Crippen LogP contribution in [0.5, 0.6) is 5.75 Å². The molecule has 6 heteroatoms. The molecule has 1 saturated heterocycles. The van der Waals surface area contributed by atoms with Crippen molar-refractivity contribution < 1.29 is 24.2 Å². The molecule has 1 N–H and O–H groups in total. The quantitative estimate of drug-likeness (QED) is 0.860. The summed E-state index contributed by atoms with van der Waals surface area (Å²) in [5.41, 5.74) is 1.66. The Morgan fingerprint density at radius 3 is 2.73 bits per heavy atom. The molecule has 26 heavy (non-hydrogen) atoms. The number of hydrogen-bond donors (Lipinski definition) is 1. The number of amides is 1. The molecule has 3 rings (SSSR count). The highest BCUT2D eigenvalue weighted by atomic mass is 16.5. The smallest absolute Gasteiger partial charge is 0.341 e. The highest BCUT2D eigenvalue weighted by Crippen LogP contribution is 2.18. The molecule has 1 aliphatic heterocycles. The first-order chi connectivity index (χ1) is 12.6. The Morgan fingerprint density at radius 1 is 1.15 bits per heavy atom. The van der Waals surface area contributed by atoms with Crippen LogP contribution in [0.3, 0.4) is 0 Å². The van der Waals surface area contributed by atoms with Crippen LogP contribution in [0.15, 0.2) is 54.6 Å². The molecule has 0 saturated carbocycles. The number of carboxylic acids is 1. The molecule has 2 aromatic rings. The Labute approximate surface area is 152 Å². The molecule has 1 aliphatic rings. The molecule has 1 unspecified atom stereocenters. The summed E-state index contributed by atoms with van der Waals surface area (Å²) in [4.78, 5) is 25.2. The third-order valence-corrected chi connectivity index (χ3v) is 4.18. The van der Waals surface area contributed by atoms with Crippen LogP contribution in [-0.4, -0.2) is 54.3 Å². The third kappa shape index (κ3) is 4.83. The van der Waals surface area contributed by atoms with Crippen LogP contribution in [0.4, 0.5) is 0 Å². The van der Waals surface area contributed by atoms with Crippen molar-refractivity contribution in [2.45, 2.75) is 12.5 Å². The second-order valence-electron chi connectivity index (χ2n) is 6.14. The molecule has 2 aromatic carbocycles. The van der Waals surface area contributed by atoms with E-state index in [9.17, 15) is 9.59 Å². The van der Waals surface area contributed by atoms with Gasteiger partial charge < -0.3 is 19.5 Å². The van der Waals surface area contributed by atoms with Crippen LogP contribution < -0.4 is 4.74 Å². The minimum atomic E-state index is -1.06. The van der Waals surface area contributed by atoms with E-state index >= 15 is 0 Å². The summed E-state index contributed by atoms with van der Waals surface area (Å²) in [7, 11) is 0. The molecule has 0 aliphatic carbocycles. The van der Waals surface area contributed by atoms with Gasteiger partial charge in [-0.1, -0.05) is 36.4 Å². The van der Waals surface area contributed by atoms with Crippen LogP contribution in [0, 0.1) is 0 Å². The molecule has 1 atom stereocenters. The number of hydrogen-bond acceptors (Lipinski definition) is 4. The van der Waals surface area contributed by atoms with Gasteiger partial charge in [-0.3, -0.25) is 4.79 Å². The van der Waals surface area contributed by atoms with Gasteiger partial charge in [-0.05, 0) is 23.8 Å². The van der Waals surface area contributed by atoms with E-state index in [2.05, 4.69) is 0 Å². The van der Waals surface area contributed by atoms with Gasteiger partial charge in [0, 0.05) is 25.1 Å². The summed E-state index contributed by atoms with van der Waals surface area (Å²) in [5, 5.41) is 8.69. The van der Waals surface area contributed by atoms with E-state index in [-0.39, 0.29) is 12.0 Å². The summed E-state index contributed by atoms with van der Waals surface area (Å²) in [6, 6.07) is 16.7. The average Bonchev–Trinajstić information content (AvgIpc) is 2.67. The van der Waals surface area contributed by atoms with Crippen molar-refractivity contribution in [1.82, 2.24) is 4.90 Å². The normalized spacial score (nSPS) is 16.9. The predicted molar refractivity (Wildman–Crippen MR) is 95.4 cm³/mol. The van der Waals surface area contributed by atoms with E-state index in [1.807, 2.05) is 30.3 Å². The van der Waals surface area contributed by atoms with Crippen LogP contribution in [0.1, 0.15) is 15.9 Å². The minimum absolute atomic E-state index is 0.0402. The van der Waals surface area contributed by atoms with Crippen molar-refractivity contribution in [3.05, 3.63) is 65.7 Å². The van der Waals surface area contributed by atoms with Gasteiger partial charge in [-0.2, -0.15) is 0 Å². The molecule has 0 spiro atoms. The molecule has 0 bridgehead atoms. The second kappa shape index (κ2) is 8.49. The van der Waals surface area contributed by atoms with Crippen LogP contribution in [0.25, 0.3) is 0 Å². The molecule has 1 heterocycles. The van der Waals surface area contributed by atoms with Gasteiger partial charge in [0.2, 0.25) is 0 Å². The number of benzene rings is 2. The summed E-state index contributed by atoms with van der Waals surface area (Å²) in [6.07, 6.45) is 0.716. The van der Waals surface area contributed by atoms with Gasteiger partial charge in [0.25, 0.3) is 5.91 Å². The monoisotopic (exact) mass is 355 g/mol. The van der Waals surface area contributed by atoms with Gasteiger partial charge >= 0.3 is 5.97 Å². The Balaban J connectivity index is 1.63. The second-order valence-corrected chi connectivity index (χ2v) is 6.14. The number of aliphatic carboxylic acids is 1. The van der Waals surface area contributed by atoms with E-state index in [1.165, 1.54) is 5.56 Å². The van der Waals surface area contributed by atoms with Crippen molar-refractivity contribution in [2.75, 3.05) is 26.3 Å². The standard InChI is InChI=1S/C20H21NO5/c22-19(23)14-26-17-8-4-7-16(12-17)20(24)21-9-10-25-18(13-21)11-15-5-2-1-3-6-15/h1-8,12,18H,9-11,13-14H2,(H,22,23). The van der Waals surface area contributed by atoms with Crippen LogP contribution in [-0.2, 0) is 16.0 Å². The van der Waals surface area contributed by atoms with Crippen molar-refractivity contribution in [2.24, 2.45) is 0 Å². The predicted octanol–water partition coefficient (Wildman–Crippen LogP) is 2.23. The first kappa shape index (κ1) is 17.9. The van der Waals surface area contributed by atoms with Crippen molar-refractivity contribution in [1.29, 1.82) is 0 Å². The highest BCUT2D eigenvalue weighted by molar-refractivity contribution is 5.94. The van der Waals surface area contributed by atoms with Crippen molar-refractivity contribution in [3.8, 4) is 5.75 Å². The van der Waals surface area contributed by atoms with E-state index in [0.29, 0.717) is 31.0 Å². The fourth-order valence-electron chi connectivity index (χ4n) is 2.95. The number of morpholine rings is 1. The summed E-state index contributed by atoms with van der Waals surface area (Å²) in [5.74, 6) is -0.793. The minimum Gasteiger partial charge on any atom is -0.482 e. The Morgan fingerprint density at radius 2 is 1.96 bits per heavy atom. The maximum absolute atomic E-state index is 12.8.